The molecular weight excluding hydrogens is 300 g/mol. The van der Waals surface area contributed by atoms with Gasteiger partial charge in [0, 0.05) is 6.20 Å². The van der Waals surface area contributed by atoms with Crippen LogP contribution >= 0.6 is 15.9 Å². The first-order chi connectivity index (χ1) is 8.40. The number of halogens is 1. The Labute approximate surface area is 114 Å². The van der Waals surface area contributed by atoms with Gasteiger partial charge in [0.25, 0.3) is 5.91 Å². The molecule has 0 saturated heterocycles. The van der Waals surface area contributed by atoms with E-state index < -0.39 is 17.9 Å². The highest BCUT2D eigenvalue weighted by Crippen LogP contribution is 2.09. The summed E-state index contributed by atoms with van der Waals surface area (Å²) in [6, 6.07) is 2.34. The molecule has 1 aromatic heterocycles. The number of aliphatic carboxylic acids is 1. The number of pyridine rings is 1. The van der Waals surface area contributed by atoms with Gasteiger partial charge in [-0.25, -0.2) is 9.78 Å². The molecule has 0 aliphatic heterocycles. The van der Waals surface area contributed by atoms with Crippen LogP contribution in [0.2, 0.25) is 0 Å². The average molecular weight is 315 g/mol. The Bertz CT molecular complexity index is 431. The summed E-state index contributed by atoms with van der Waals surface area (Å²) >= 11 is 3.16. The van der Waals surface area contributed by atoms with Crippen molar-refractivity contribution in [3.63, 3.8) is 0 Å². The summed E-state index contributed by atoms with van der Waals surface area (Å²) in [5.74, 6) is -1.26. The number of carbonyl (C=O) groups excluding carboxylic acids is 1. The molecule has 1 atom stereocenters. The number of nitrogens with one attached hydrogen (secondary N) is 1. The van der Waals surface area contributed by atoms with Gasteiger partial charge in [-0.1, -0.05) is 13.8 Å². The molecule has 2 N–H and O–H groups in total. The van der Waals surface area contributed by atoms with Gasteiger partial charge in [-0.2, -0.15) is 0 Å². The Kier molecular flexibility index (Phi) is 5.27. The summed E-state index contributed by atoms with van der Waals surface area (Å²) in [4.78, 5) is 26.8. The standard InChI is InChI=1S/C12H15BrN2O3/c1-7(2)5-9(12(17)18)15-11(16)8-3-4-10(13)14-6-8/h3-4,6-7,9H,5H2,1-2H3,(H,15,16)(H,17,18)/t9-/m1/s1. The molecule has 0 aliphatic rings. The summed E-state index contributed by atoms with van der Waals surface area (Å²) in [5.41, 5.74) is 0.341. The molecular formula is C12H15BrN2O3. The van der Waals surface area contributed by atoms with E-state index >= 15 is 0 Å². The maximum Gasteiger partial charge on any atom is 0.326 e. The van der Waals surface area contributed by atoms with Crippen LogP contribution in [0.5, 0.6) is 0 Å². The van der Waals surface area contributed by atoms with Crippen molar-refractivity contribution in [1.82, 2.24) is 10.3 Å². The largest absolute Gasteiger partial charge is 0.480 e. The lowest BCUT2D eigenvalue weighted by atomic mass is 10.0. The maximum absolute atomic E-state index is 11.8. The van der Waals surface area contributed by atoms with Gasteiger partial charge in [-0.3, -0.25) is 4.79 Å². The Balaban J connectivity index is 2.72. The van der Waals surface area contributed by atoms with E-state index in [4.69, 9.17) is 5.11 Å². The van der Waals surface area contributed by atoms with Gasteiger partial charge in [-0.05, 0) is 40.4 Å². The van der Waals surface area contributed by atoms with Gasteiger partial charge in [0.05, 0.1) is 5.56 Å². The van der Waals surface area contributed by atoms with Crippen LogP contribution in [0.15, 0.2) is 22.9 Å². The number of carboxylic acids is 1. The van der Waals surface area contributed by atoms with E-state index in [0.29, 0.717) is 16.6 Å². The molecule has 0 bridgehead atoms. The molecule has 18 heavy (non-hydrogen) atoms. The summed E-state index contributed by atoms with van der Waals surface area (Å²) in [6.45, 7) is 3.81. The zero-order valence-electron chi connectivity index (χ0n) is 10.2. The minimum Gasteiger partial charge on any atom is -0.480 e. The lowest BCUT2D eigenvalue weighted by Gasteiger charge is -2.16. The van der Waals surface area contributed by atoms with E-state index in [0.717, 1.165) is 0 Å². The van der Waals surface area contributed by atoms with Crippen LogP contribution in [-0.2, 0) is 4.79 Å². The number of aromatic nitrogens is 1. The van der Waals surface area contributed by atoms with Crippen LogP contribution in [0.4, 0.5) is 0 Å². The number of carboxylic acid groups (broad SMARTS) is 1. The lowest BCUT2D eigenvalue weighted by molar-refractivity contribution is -0.139. The first kappa shape index (κ1) is 14.6. The Morgan fingerprint density at radius 3 is 2.56 bits per heavy atom. The molecule has 0 spiro atoms. The van der Waals surface area contributed by atoms with Crippen molar-refractivity contribution in [3.05, 3.63) is 28.5 Å². The number of nitrogens with zero attached hydrogens (tertiary/aromatic N) is 1. The third-order valence-corrected chi connectivity index (χ3v) is 2.77. The summed E-state index contributed by atoms with van der Waals surface area (Å²) in [6.07, 6.45) is 1.79. The highest BCUT2D eigenvalue weighted by molar-refractivity contribution is 9.10. The van der Waals surface area contributed by atoms with Crippen LogP contribution in [0, 0.1) is 5.92 Å². The van der Waals surface area contributed by atoms with E-state index in [1.807, 2.05) is 13.8 Å². The first-order valence-electron chi connectivity index (χ1n) is 5.55. The van der Waals surface area contributed by atoms with Crippen LogP contribution in [0.3, 0.4) is 0 Å². The van der Waals surface area contributed by atoms with Crippen molar-refractivity contribution >= 4 is 27.8 Å². The molecule has 0 aliphatic carbocycles. The quantitative estimate of drug-likeness (QED) is 0.815. The molecule has 5 nitrogen and oxygen atoms in total. The van der Waals surface area contributed by atoms with Gasteiger partial charge < -0.3 is 10.4 Å². The van der Waals surface area contributed by atoms with E-state index in [2.05, 4.69) is 26.2 Å². The molecule has 0 saturated carbocycles. The minimum atomic E-state index is -1.03. The second-order valence-corrected chi connectivity index (χ2v) is 5.18. The summed E-state index contributed by atoms with van der Waals surface area (Å²) in [5, 5.41) is 11.5. The zero-order valence-corrected chi connectivity index (χ0v) is 11.8. The molecule has 1 rings (SSSR count). The van der Waals surface area contributed by atoms with E-state index in [-0.39, 0.29) is 5.92 Å². The fraction of sp³-hybridized carbons (Fsp3) is 0.417. The van der Waals surface area contributed by atoms with Gasteiger partial charge in [0.15, 0.2) is 0 Å². The molecule has 0 aromatic carbocycles. The minimum absolute atomic E-state index is 0.189. The molecule has 98 valence electrons. The van der Waals surface area contributed by atoms with Crippen LogP contribution in [0.1, 0.15) is 30.6 Å². The number of hydrogen-bond donors (Lipinski definition) is 2. The highest BCUT2D eigenvalue weighted by atomic mass is 79.9. The zero-order chi connectivity index (χ0) is 13.7. The molecule has 0 radical (unpaired) electrons. The molecule has 1 heterocycles. The SMILES string of the molecule is CC(C)C[C@@H](NC(=O)c1ccc(Br)nc1)C(=O)O. The van der Waals surface area contributed by atoms with Crippen molar-refractivity contribution in [2.45, 2.75) is 26.3 Å². The van der Waals surface area contributed by atoms with Crippen molar-refractivity contribution in [2.75, 3.05) is 0 Å². The highest BCUT2D eigenvalue weighted by Gasteiger charge is 2.21. The number of carbonyl (C=O) groups is 2. The number of amides is 1. The third kappa shape index (κ3) is 4.44. The van der Waals surface area contributed by atoms with Crippen LogP contribution in [-0.4, -0.2) is 28.0 Å². The number of rotatable bonds is 5. The van der Waals surface area contributed by atoms with E-state index in [1.165, 1.54) is 6.20 Å². The molecule has 6 heteroatoms. The second-order valence-electron chi connectivity index (χ2n) is 4.36. The van der Waals surface area contributed by atoms with Crippen molar-refractivity contribution < 1.29 is 14.7 Å². The fourth-order valence-corrected chi connectivity index (χ4v) is 1.68. The molecule has 1 aromatic rings. The first-order valence-corrected chi connectivity index (χ1v) is 6.34. The number of hydrogen-bond acceptors (Lipinski definition) is 3. The smallest absolute Gasteiger partial charge is 0.326 e. The Morgan fingerprint density at radius 2 is 2.11 bits per heavy atom. The summed E-state index contributed by atoms with van der Waals surface area (Å²) < 4.78 is 0.621. The van der Waals surface area contributed by atoms with Crippen molar-refractivity contribution in [2.24, 2.45) is 5.92 Å². The lowest BCUT2D eigenvalue weighted by Crippen LogP contribution is -2.41. The van der Waals surface area contributed by atoms with Gasteiger partial charge >= 0.3 is 5.97 Å². The Hall–Kier alpha value is -1.43. The van der Waals surface area contributed by atoms with E-state index in [9.17, 15) is 9.59 Å². The van der Waals surface area contributed by atoms with Crippen molar-refractivity contribution in [3.8, 4) is 0 Å². The normalized spacial score (nSPS) is 12.2. The van der Waals surface area contributed by atoms with Gasteiger partial charge in [-0.15, -0.1) is 0 Å². The molecule has 0 unspecified atom stereocenters. The Morgan fingerprint density at radius 1 is 1.44 bits per heavy atom. The monoisotopic (exact) mass is 314 g/mol. The van der Waals surface area contributed by atoms with Gasteiger partial charge in [0.2, 0.25) is 0 Å². The van der Waals surface area contributed by atoms with Gasteiger partial charge in [0.1, 0.15) is 10.6 Å². The third-order valence-electron chi connectivity index (χ3n) is 2.30. The van der Waals surface area contributed by atoms with Crippen LogP contribution < -0.4 is 5.32 Å². The van der Waals surface area contributed by atoms with E-state index in [1.54, 1.807) is 12.1 Å². The predicted octanol–water partition coefficient (Wildman–Crippen LogP) is 2.07. The summed E-state index contributed by atoms with van der Waals surface area (Å²) in [7, 11) is 0. The molecule has 1 amide bonds. The topological polar surface area (TPSA) is 79.3 Å². The van der Waals surface area contributed by atoms with Crippen LogP contribution in [0.25, 0.3) is 0 Å². The maximum atomic E-state index is 11.8. The molecule has 0 fully saturated rings. The second kappa shape index (κ2) is 6.49. The average Bonchev–Trinajstić information content (AvgIpc) is 2.28. The fourth-order valence-electron chi connectivity index (χ4n) is 1.44. The van der Waals surface area contributed by atoms with Crippen molar-refractivity contribution in [1.29, 1.82) is 0 Å². The predicted molar refractivity (Wildman–Crippen MR) is 70.3 cm³/mol.